The third kappa shape index (κ3) is 8.44. The van der Waals surface area contributed by atoms with Gasteiger partial charge in [0.2, 0.25) is 5.88 Å². The summed E-state index contributed by atoms with van der Waals surface area (Å²) < 4.78 is 5.48. The number of fused-ring (bicyclic) bond motifs is 1. The second-order valence-electron chi connectivity index (χ2n) is 10.8. The number of pyridine rings is 1. The highest BCUT2D eigenvalue weighted by atomic mass is 16.5. The molecule has 1 aliphatic carbocycles. The molecule has 2 aromatic heterocycles. The summed E-state index contributed by atoms with van der Waals surface area (Å²) in [5.74, 6) is 2.35. The summed E-state index contributed by atoms with van der Waals surface area (Å²) in [4.78, 5) is 36.4. The number of aromatic amines is 1. The maximum Gasteiger partial charge on any atom is 0.223 e. The number of aldehydes is 1. The largest absolute Gasteiger partial charge is 0.480 e. The number of rotatable bonds is 11. The van der Waals surface area contributed by atoms with E-state index in [9.17, 15) is 9.59 Å². The number of hydrogen-bond donors (Lipinski definition) is 2. The Labute approximate surface area is 232 Å². The van der Waals surface area contributed by atoms with Crippen molar-refractivity contribution in [3.8, 4) is 17.1 Å². The molecule has 0 bridgehead atoms. The van der Waals surface area contributed by atoms with Gasteiger partial charge in [-0.15, -0.1) is 0 Å². The van der Waals surface area contributed by atoms with Gasteiger partial charge in [0.05, 0.1) is 30.1 Å². The Morgan fingerprint density at radius 3 is 2.56 bits per heavy atom. The van der Waals surface area contributed by atoms with Crippen molar-refractivity contribution in [1.29, 1.82) is 0 Å². The van der Waals surface area contributed by atoms with E-state index in [2.05, 4.69) is 38.3 Å². The molecule has 2 fully saturated rings. The zero-order chi connectivity index (χ0) is 28.3. The molecule has 2 aliphatic rings. The quantitative estimate of drug-likeness (QED) is 0.261. The smallest absolute Gasteiger partial charge is 0.223 e. The standard InChI is InChI=1S/C22H27N3O2.C7H11NO.C2H7N/c1-3-17(26)11-6-4-5-7-13-21-23-15-20(24-21)18-14-16-10-8-9-12-19(16)25-22(18)27-2;1-8-4-7(5-8)2-6(7)3-9;1-3-2/h8-10,12,14-15H,3-7,11,13H2,1-2H3,(H,23,24);3,6H,2,4-5H2,1H3;3H,1-2H3. The van der Waals surface area contributed by atoms with Gasteiger partial charge in [-0.25, -0.2) is 9.97 Å². The highest BCUT2D eigenvalue weighted by Crippen LogP contribution is 2.56. The Kier molecular flexibility index (Phi) is 11.6. The number of hydrogen-bond acceptors (Lipinski definition) is 7. The number of aryl methyl sites for hydroxylation is 1. The molecular formula is C31H45N5O3. The number of para-hydroxylation sites is 1. The van der Waals surface area contributed by atoms with Gasteiger partial charge in [0.25, 0.3) is 0 Å². The van der Waals surface area contributed by atoms with E-state index in [4.69, 9.17) is 4.74 Å². The van der Waals surface area contributed by atoms with Crippen LogP contribution in [0.2, 0.25) is 0 Å². The number of carbonyl (C=O) groups excluding carboxylic acids is 2. The van der Waals surface area contributed by atoms with Crippen molar-refractivity contribution in [3.63, 3.8) is 0 Å². The molecule has 2 N–H and O–H groups in total. The number of unbranched alkanes of at least 4 members (excludes halogenated alkanes) is 3. The van der Waals surface area contributed by atoms with Crippen LogP contribution in [0.1, 0.15) is 57.7 Å². The number of imidazole rings is 1. The minimum absolute atomic E-state index is 0.364. The lowest BCUT2D eigenvalue weighted by molar-refractivity contribution is -0.118. The fourth-order valence-corrected chi connectivity index (χ4v) is 5.18. The van der Waals surface area contributed by atoms with Crippen LogP contribution in [-0.2, 0) is 16.0 Å². The summed E-state index contributed by atoms with van der Waals surface area (Å²) in [5, 5.41) is 3.83. The second-order valence-corrected chi connectivity index (χ2v) is 10.8. The molecule has 3 aromatic rings. The summed E-state index contributed by atoms with van der Waals surface area (Å²) in [6.45, 7) is 4.23. The van der Waals surface area contributed by atoms with E-state index >= 15 is 0 Å². The van der Waals surface area contributed by atoms with Crippen molar-refractivity contribution in [2.24, 2.45) is 11.3 Å². The molecule has 39 heavy (non-hydrogen) atoms. The molecule has 0 amide bonds. The molecule has 8 heteroatoms. The first-order chi connectivity index (χ1) is 18.9. The van der Waals surface area contributed by atoms with Gasteiger partial charge in [-0.1, -0.05) is 38.0 Å². The van der Waals surface area contributed by atoms with E-state index in [0.29, 0.717) is 29.4 Å². The van der Waals surface area contributed by atoms with Crippen LogP contribution in [0.15, 0.2) is 36.5 Å². The average molecular weight is 536 g/mol. The first-order valence-corrected chi connectivity index (χ1v) is 14.1. The summed E-state index contributed by atoms with van der Waals surface area (Å²) >= 11 is 0. The average Bonchev–Trinajstić information content (AvgIpc) is 3.46. The van der Waals surface area contributed by atoms with Crippen LogP contribution in [0, 0.1) is 11.3 Å². The minimum Gasteiger partial charge on any atom is -0.480 e. The van der Waals surface area contributed by atoms with Crippen molar-refractivity contribution in [1.82, 2.24) is 25.2 Å². The van der Waals surface area contributed by atoms with Gasteiger partial charge in [-0.05, 0) is 52.5 Å². The molecule has 1 atom stereocenters. The van der Waals surface area contributed by atoms with E-state index < -0.39 is 0 Å². The monoisotopic (exact) mass is 535 g/mol. The van der Waals surface area contributed by atoms with Crippen LogP contribution >= 0.6 is 0 Å². The summed E-state index contributed by atoms with van der Waals surface area (Å²) in [6, 6.07) is 10.1. The van der Waals surface area contributed by atoms with Gasteiger partial charge in [-0.3, -0.25) is 4.79 Å². The molecule has 0 radical (unpaired) electrons. The molecule has 1 aliphatic heterocycles. The number of methoxy groups -OCH3 is 1. The SMILES string of the molecule is CCC(=O)CCCCCCc1ncc(-c2cc3ccccc3nc2OC)[nH]1.CN1CC2(CC2C=O)C1.CNC. The summed E-state index contributed by atoms with van der Waals surface area (Å²) in [6.07, 6.45) is 10.7. The Morgan fingerprint density at radius 2 is 1.92 bits per heavy atom. The van der Waals surface area contributed by atoms with E-state index in [1.54, 1.807) is 7.11 Å². The van der Waals surface area contributed by atoms with Crippen LogP contribution in [0.4, 0.5) is 0 Å². The third-order valence-corrected chi connectivity index (χ3v) is 7.40. The van der Waals surface area contributed by atoms with Crippen molar-refractivity contribution >= 4 is 23.0 Å². The molecule has 1 saturated carbocycles. The highest BCUT2D eigenvalue weighted by molar-refractivity contribution is 5.85. The number of ketones is 1. The second kappa shape index (κ2) is 14.9. The summed E-state index contributed by atoms with van der Waals surface area (Å²) in [7, 11) is 7.49. The zero-order valence-corrected chi connectivity index (χ0v) is 24.3. The van der Waals surface area contributed by atoms with Crippen LogP contribution in [0.5, 0.6) is 5.88 Å². The fourth-order valence-electron chi connectivity index (χ4n) is 5.18. The number of benzene rings is 1. The van der Waals surface area contributed by atoms with Gasteiger partial charge in [0.15, 0.2) is 0 Å². The molecule has 212 valence electrons. The van der Waals surface area contributed by atoms with E-state index in [1.165, 1.54) is 0 Å². The van der Waals surface area contributed by atoms with Gasteiger partial charge in [0.1, 0.15) is 17.9 Å². The van der Waals surface area contributed by atoms with Crippen LogP contribution in [0.25, 0.3) is 22.2 Å². The van der Waals surface area contributed by atoms with Crippen LogP contribution in [0.3, 0.4) is 0 Å². The molecule has 1 spiro atoms. The van der Waals surface area contributed by atoms with Crippen LogP contribution < -0.4 is 10.1 Å². The molecule has 1 unspecified atom stereocenters. The maximum absolute atomic E-state index is 11.3. The van der Waals surface area contributed by atoms with Gasteiger partial charge < -0.3 is 24.7 Å². The fraction of sp³-hybridized carbons (Fsp3) is 0.548. The van der Waals surface area contributed by atoms with E-state index in [0.717, 1.165) is 92.3 Å². The molecule has 1 saturated heterocycles. The van der Waals surface area contributed by atoms with E-state index in [1.807, 2.05) is 51.5 Å². The predicted octanol–water partition coefficient (Wildman–Crippen LogP) is 5.08. The first-order valence-electron chi connectivity index (χ1n) is 14.1. The number of nitrogens with zero attached hydrogens (tertiary/aromatic N) is 3. The minimum atomic E-state index is 0.364. The first kappa shape index (κ1) is 30.4. The molecule has 3 heterocycles. The topological polar surface area (TPSA) is 100 Å². The number of likely N-dealkylation sites (tertiary alicyclic amines) is 1. The Hall–Kier alpha value is -3.10. The highest BCUT2D eigenvalue weighted by Gasteiger charge is 2.60. The van der Waals surface area contributed by atoms with Gasteiger partial charge in [-0.2, -0.15) is 0 Å². The van der Waals surface area contributed by atoms with Crippen molar-refractivity contribution in [3.05, 3.63) is 42.4 Å². The lowest BCUT2D eigenvalue weighted by atomic mass is 9.95. The van der Waals surface area contributed by atoms with Gasteiger partial charge >= 0.3 is 0 Å². The van der Waals surface area contributed by atoms with Crippen molar-refractivity contribution in [2.45, 2.75) is 58.3 Å². The molecular weight excluding hydrogens is 490 g/mol. The number of ether oxygens (including phenoxy) is 1. The Balaban J connectivity index is 0.000000288. The lowest BCUT2D eigenvalue weighted by Crippen LogP contribution is -2.46. The van der Waals surface area contributed by atoms with Gasteiger partial charge in [0, 0.05) is 49.1 Å². The number of carbonyl (C=O) groups is 2. The Bertz CT molecular complexity index is 1200. The summed E-state index contributed by atoms with van der Waals surface area (Å²) in [5.41, 5.74) is 3.23. The maximum atomic E-state index is 11.3. The normalized spacial score (nSPS) is 16.9. The lowest BCUT2D eigenvalue weighted by Gasteiger charge is -2.37. The molecule has 1 aromatic carbocycles. The Morgan fingerprint density at radius 1 is 1.21 bits per heavy atom. The van der Waals surface area contributed by atoms with Crippen molar-refractivity contribution in [2.75, 3.05) is 41.3 Å². The van der Waals surface area contributed by atoms with Crippen molar-refractivity contribution < 1.29 is 14.3 Å². The third-order valence-electron chi connectivity index (χ3n) is 7.40. The number of H-pyrrole nitrogens is 1. The molecule has 5 rings (SSSR count). The predicted molar refractivity (Wildman–Crippen MR) is 157 cm³/mol. The van der Waals surface area contributed by atoms with E-state index in [-0.39, 0.29) is 0 Å². The number of aromatic nitrogens is 3. The molecule has 8 nitrogen and oxygen atoms in total. The number of nitrogens with one attached hydrogen (secondary N) is 2. The van der Waals surface area contributed by atoms with Crippen LogP contribution in [-0.4, -0.2) is 73.3 Å². The number of Topliss-reactive ketones (excluding diaryl/α,β-unsaturated/α-hetero) is 1. The zero-order valence-electron chi connectivity index (χ0n) is 24.3.